The van der Waals surface area contributed by atoms with Crippen LogP contribution in [0.15, 0.2) is 48.5 Å². The van der Waals surface area contributed by atoms with Crippen molar-refractivity contribution in [3.63, 3.8) is 0 Å². The number of hydrogen-bond donors (Lipinski definition) is 0. The molecule has 3 rings (SSSR count). The molecule has 0 amide bonds. The standard InChI is InChI=1S/C19H16ClNO3S/c1-12(19-21-15-4-2-3-5-17(15)25-19)24-18(23)11-10-16(22)13-6-8-14(20)9-7-13/h2-9,12H,10-11H2,1H3/t12-/m1/s1. The van der Waals surface area contributed by atoms with Gasteiger partial charge in [0.25, 0.3) is 0 Å². The lowest BCUT2D eigenvalue weighted by molar-refractivity contribution is -0.148. The number of carbonyl (C=O) groups is 2. The van der Waals surface area contributed by atoms with Crippen LogP contribution in [-0.4, -0.2) is 16.7 Å². The van der Waals surface area contributed by atoms with Gasteiger partial charge in [-0.25, -0.2) is 4.98 Å². The number of thiazole rings is 1. The third-order valence-corrected chi connectivity index (χ3v) is 5.14. The molecule has 0 spiro atoms. The zero-order valence-corrected chi connectivity index (χ0v) is 15.1. The van der Waals surface area contributed by atoms with Crippen LogP contribution in [0.4, 0.5) is 0 Å². The van der Waals surface area contributed by atoms with Crippen LogP contribution in [-0.2, 0) is 9.53 Å². The quantitative estimate of drug-likeness (QED) is 0.439. The minimum absolute atomic E-state index is 0.0384. The van der Waals surface area contributed by atoms with Crippen LogP contribution in [0.25, 0.3) is 10.2 Å². The fraction of sp³-hybridized carbons (Fsp3) is 0.211. The molecular weight excluding hydrogens is 358 g/mol. The SMILES string of the molecule is C[C@@H](OC(=O)CCC(=O)c1ccc(Cl)cc1)c1nc2ccccc2s1. The molecule has 4 nitrogen and oxygen atoms in total. The van der Waals surface area contributed by atoms with Crippen molar-refractivity contribution in [2.75, 3.05) is 0 Å². The van der Waals surface area contributed by atoms with Crippen LogP contribution in [0.5, 0.6) is 0 Å². The van der Waals surface area contributed by atoms with E-state index in [1.165, 1.54) is 11.3 Å². The summed E-state index contributed by atoms with van der Waals surface area (Å²) in [7, 11) is 0. The van der Waals surface area contributed by atoms with E-state index in [4.69, 9.17) is 16.3 Å². The van der Waals surface area contributed by atoms with E-state index in [0.29, 0.717) is 10.6 Å². The van der Waals surface area contributed by atoms with E-state index >= 15 is 0 Å². The highest BCUT2D eigenvalue weighted by Crippen LogP contribution is 2.28. The topological polar surface area (TPSA) is 56.3 Å². The van der Waals surface area contributed by atoms with Crippen molar-refractivity contribution in [1.82, 2.24) is 4.98 Å². The number of hydrogen-bond acceptors (Lipinski definition) is 5. The number of Topliss-reactive ketones (excluding diaryl/α,β-unsaturated/α-hetero) is 1. The molecule has 1 heterocycles. The van der Waals surface area contributed by atoms with E-state index in [-0.39, 0.29) is 18.6 Å². The number of esters is 1. The number of fused-ring (bicyclic) bond motifs is 1. The molecule has 25 heavy (non-hydrogen) atoms. The number of halogens is 1. The summed E-state index contributed by atoms with van der Waals surface area (Å²) >= 11 is 7.30. The van der Waals surface area contributed by atoms with E-state index in [1.54, 1.807) is 31.2 Å². The maximum absolute atomic E-state index is 12.1. The monoisotopic (exact) mass is 373 g/mol. The third-order valence-electron chi connectivity index (χ3n) is 3.69. The summed E-state index contributed by atoms with van der Waals surface area (Å²) in [6, 6.07) is 14.4. The van der Waals surface area contributed by atoms with E-state index < -0.39 is 12.1 Å². The van der Waals surface area contributed by atoms with Crippen LogP contribution >= 0.6 is 22.9 Å². The highest BCUT2D eigenvalue weighted by Gasteiger charge is 2.17. The van der Waals surface area contributed by atoms with Gasteiger partial charge in [-0.05, 0) is 43.3 Å². The zero-order chi connectivity index (χ0) is 17.8. The Morgan fingerprint density at radius 3 is 2.56 bits per heavy atom. The lowest BCUT2D eigenvalue weighted by Crippen LogP contribution is -2.11. The number of para-hydroxylation sites is 1. The molecule has 0 aliphatic rings. The maximum Gasteiger partial charge on any atom is 0.306 e. The van der Waals surface area contributed by atoms with Gasteiger partial charge in [0.15, 0.2) is 11.9 Å². The fourth-order valence-corrected chi connectivity index (χ4v) is 3.44. The number of nitrogens with zero attached hydrogens (tertiary/aromatic N) is 1. The second-order valence-electron chi connectivity index (χ2n) is 5.58. The van der Waals surface area contributed by atoms with Gasteiger partial charge in [0.1, 0.15) is 5.01 Å². The normalized spacial score (nSPS) is 12.1. The molecule has 1 atom stereocenters. The second-order valence-corrected chi connectivity index (χ2v) is 7.08. The molecule has 1 aromatic heterocycles. The Kier molecular flexibility index (Phi) is 5.46. The number of aromatic nitrogens is 1. The summed E-state index contributed by atoms with van der Waals surface area (Å²) in [4.78, 5) is 28.6. The van der Waals surface area contributed by atoms with E-state index in [9.17, 15) is 9.59 Å². The van der Waals surface area contributed by atoms with Crippen molar-refractivity contribution in [3.8, 4) is 0 Å². The van der Waals surface area contributed by atoms with Crippen molar-refractivity contribution in [1.29, 1.82) is 0 Å². The third kappa shape index (κ3) is 4.44. The van der Waals surface area contributed by atoms with Gasteiger partial charge in [0.2, 0.25) is 0 Å². The molecule has 0 aliphatic heterocycles. The highest BCUT2D eigenvalue weighted by atomic mass is 35.5. The van der Waals surface area contributed by atoms with Gasteiger partial charge < -0.3 is 4.74 Å². The highest BCUT2D eigenvalue weighted by molar-refractivity contribution is 7.18. The van der Waals surface area contributed by atoms with Crippen molar-refractivity contribution in [2.24, 2.45) is 0 Å². The van der Waals surface area contributed by atoms with Gasteiger partial charge in [0.05, 0.1) is 16.6 Å². The van der Waals surface area contributed by atoms with Gasteiger partial charge in [0, 0.05) is 17.0 Å². The Balaban J connectivity index is 1.54. The minimum atomic E-state index is -0.435. The minimum Gasteiger partial charge on any atom is -0.455 e. The Bertz CT molecular complexity index is 871. The van der Waals surface area contributed by atoms with E-state index in [1.807, 2.05) is 24.3 Å². The van der Waals surface area contributed by atoms with Crippen molar-refractivity contribution < 1.29 is 14.3 Å². The average Bonchev–Trinajstić information content (AvgIpc) is 3.04. The molecule has 0 saturated carbocycles. The van der Waals surface area contributed by atoms with E-state index in [2.05, 4.69) is 4.98 Å². The summed E-state index contributed by atoms with van der Waals surface area (Å²) in [6.45, 7) is 1.79. The lowest BCUT2D eigenvalue weighted by Gasteiger charge is -2.10. The molecule has 3 aromatic rings. The van der Waals surface area contributed by atoms with Gasteiger partial charge in [-0.15, -0.1) is 11.3 Å². The van der Waals surface area contributed by atoms with Crippen LogP contribution < -0.4 is 0 Å². The first-order valence-corrected chi connectivity index (χ1v) is 9.06. The smallest absolute Gasteiger partial charge is 0.306 e. The van der Waals surface area contributed by atoms with Crippen molar-refractivity contribution in [3.05, 3.63) is 64.1 Å². The van der Waals surface area contributed by atoms with Crippen LogP contribution in [0.1, 0.15) is 41.2 Å². The first kappa shape index (κ1) is 17.6. The molecule has 0 fully saturated rings. The molecule has 128 valence electrons. The molecule has 0 saturated heterocycles. The van der Waals surface area contributed by atoms with Crippen molar-refractivity contribution in [2.45, 2.75) is 25.9 Å². The predicted octanol–water partition coefficient (Wildman–Crippen LogP) is 5.22. The molecule has 0 radical (unpaired) electrons. The Hall–Kier alpha value is -2.24. The molecule has 6 heteroatoms. The van der Waals surface area contributed by atoms with E-state index in [0.717, 1.165) is 15.2 Å². The Labute approximate surface area is 154 Å². The molecule has 0 bridgehead atoms. The largest absolute Gasteiger partial charge is 0.455 e. The van der Waals surface area contributed by atoms with Gasteiger partial charge >= 0.3 is 5.97 Å². The van der Waals surface area contributed by atoms with Crippen LogP contribution in [0.2, 0.25) is 5.02 Å². The number of benzene rings is 2. The fourth-order valence-electron chi connectivity index (χ4n) is 2.37. The number of ketones is 1. The second kappa shape index (κ2) is 7.76. The number of rotatable bonds is 6. The zero-order valence-electron chi connectivity index (χ0n) is 13.6. The van der Waals surface area contributed by atoms with Crippen LogP contribution in [0, 0.1) is 0 Å². The Morgan fingerprint density at radius 2 is 1.84 bits per heavy atom. The molecule has 0 unspecified atom stereocenters. The summed E-state index contributed by atoms with van der Waals surface area (Å²) in [5, 5.41) is 1.32. The maximum atomic E-state index is 12.1. The summed E-state index contributed by atoms with van der Waals surface area (Å²) in [6.07, 6.45) is -0.292. The lowest BCUT2D eigenvalue weighted by atomic mass is 10.1. The van der Waals surface area contributed by atoms with Gasteiger partial charge in [-0.1, -0.05) is 23.7 Å². The average molecular weight is 374 g/mol. The van der Waals surface area contributed by atoms with Crippen LogP contribution in [0.3, 0.4) is 0 Å². The molecule has 0 aliphatic carbocycles. The number of carbonyl (C=O) groups excluding carboxylic acids is 2. The van der Waals surface area contributed by atoms with Gasteiger partial charge in [-0.2, -0.15) is 0 Å². The summed E-state index contributed by atoms with van der Waals surface area (Å²) in [5.74, 6) is -0.518. The predicted molar refractivity (Wildman–Crippen MR) is 99.1 cm³/mol. The first-order chi connectivity index (χ1) is 12.0. The molecular formula is C19H16ClNO3S. The summed E-state index contributed by atoms with van der Waals surface area (Å²) in [5.41, 5.74) is 1.43. The van der Waals surface area contributed by atoms with Gasteiger partial charge in [-0.3, -0.25) is 9.59 Å². The van der Waals surface area contributed by atoms with Crippen molar-refractivity contribution >= 4 is 44.9 Å². The molecule has 0 N–H and O–H groups in total. The summed E-state index contributed by atoms with van der Waals surface area (Å²) < 4.78 is 6.46. The first-order valence-electron chi connectivity index (χ1n) is 7.86. The molecule has 2 aromatic carbocycles. The Morgan fingerprint density at radius 1 is 1.12 bits per heavy atom. The number of ether oxygens (including phenoxy) is 1.